The predicted octanol–water partition coefficient (Wildman–Crippen LogP) is 4.64. The largest absolute Gasteiger partial charge is 0.497 e. The van der Waals surface area contributed by atoms with Crippen molar-refractivity contribution in [3.63, 3.8) is 0 Å². The van der Waals surface area contributed by atoms with Gasteiger partial charge in [-0.25, -0.2) is 0 Å². The Kier molecular flexibility index (Phi) is 5.32. The number of para-hydroxylation sites is 1. The molecule has 0 spiro atoms. The van der Waals surface area contributed by atoms with E-state index in [4.69, 9.17) is 14.2 Å². The van der Waals surface area contributed by atoms with Crippen LogP contribution < -0.4 is 14.2 Å². The smallest absolute Gasteiger partial charge is 0.315 e. The van der Waals surface area contributed by atoms with E-state index in [1.165, 1.54) is 0 Å². The second-order valence-corrected chi connectivity index (χ2v) is 5.39. The van der Waals surface area contributed by atoms with Gasteiger partial charge in [0, 0.05) is 0 Å². The van der Waals surface area contributed by atoms with Gasteiger partial charge in [-0.1, -0.05) is 30.3 Å². The van der Waals surface area contributed by atoms with Gasteiger partial charge in [0.05, 0.1) is 13.5 Å². The number of methoxy groups -OCH3 is 1. The number of esters is 1. The van der Waals surface area contributed by atoms with Crippen LogP contribution in [-0.4, -0.2) is 13.1 Å². The van der Waals surface area contributed by atoms with Crippen molar-refractivity contribution in [3.05, 3.63) is 84.4 Å². The molecule has 0 bridgehead atoms. The van der Waals surface area contributed by atoms with Crippen LogP contribution in [0.3, 0.4) is 0 Å². The van der Waals surface area contributed by atoms with E-state index < -0.39 is 0 Å². The monoisotopic (exact) mass is 334 g/mol. The molecule has 126 valence electrons. The van der Waals surface area contributed by atoms with Gasteiger partial charge in [0.15, 0.2) is 0 Å². The van der Waals surface area contributed by atoms with Gasteiger partial charge >= 0.3 is 5.97 Å². The second-order valence-electron chi connectivity index (χ2n) is 5.39. The molecule has 3 aromatic carbocycles. The van der Waals surface area contributed by atoms with Crippen LogP contribution in [0.5, 0.6) is 23.0 Å². The Balaban J connectivity index is 1.56. The first-order chi connectivity index (χ1) is 12.2. The van der Waals surface area contributed by atoms with E-state index in [2.05, 4.69) is 0 Å². The summed E-state index contributed by atoms with van der Waals surface area (Å²) in [5.74, 6) is 2.36. The molecule has 4 heteroatoms. The fourth-order valence-corrected chi connectivity index (χ4v) is 2.28. The maximum atomic E-state index is 12.0. The summed E-state index contributed by atoms with van der Waals surface area (Å²) in [7, 11) is 1.61. The number of hydrogen-bond donors (Lipinski definition) is 0. The van der Waals surface area contributed by atoms with E-state index >= 15 is 0 Å². The summed E-state index contributed by atoms with van der Waals surface area (Å²) in [6.45, 7) is 0. The van der Waals surface area contributed by atoms with E-state index in [1.54, 1.807) is 31.4 Å². The van der Waals surface area contributed by atoms with Crippen LogP contribution in [0, 0.1) is 0 Å². The van der Waals surface area contributed by atoms with Crippen LogP contribution >= 0.6 is 0 Å². The van der Waals surface area contributed by atoms with Gasteiger partial charge in [-0.05, 0) is 54.1 Å². The third-order valence-electron chi connectivity index (χ3n) is 3.54. The molecule has 0 aliphatic heterocycles. The summed E-state index contributed by atoms with van der Waals surface area (Å²) in [6, 6.07) is 23.8. The third-order valence-corrected chi connectivity index (χ3v) is 3.54. The number of ether oxygens (including phenoxy) is 3. The zero-order valence-electron chi connectivity index (χ0n) is 13.8. The van der Waals surface area contributed by atoms with Crippen LogP contribution in [0.25, 0.3) is 0 Å². The Bertz CT molecular complexity index is 809. The number of carbonyl (C=O) groups excluding carboxylic acids is 1. The van der Waals surface area contributed by atoms with Gasteiger partial charge in [-0.15, -0.1) is 0 Å². The van der Waals surface area contributed by atoms with Gasteiger partial charge in [-0.3, -0.25) is 4.79 Å². The highest BCUT2D eigenvalue weighted by Gasteiger charge is 2.07. The Morgan fingerprint density at radius 3 is 1.92 bits per heavy atom. The maximum Gasteiger partial charge on any atom is 0.315 e. The first-order valence-corrected chi connectivity index (χ1v) is 7.89. The third kappa shape index (κ3) is 4.85. The zero-order chi connectivity index (χ0) is 17.5. The molecule has 0 atom stereocenters. The minimum absolute atomic E-state index is 0.201. The number of rotatable bonds is 6. The molecule has 0 fully saturated rings. The molecular formula is C21H18O4. The standard InChI is InChI=1S/C21H18O4/c1-23-17-9-7-16(8-10-17)15-21(22)25-20-13-11-19(12-14-20)24-18-5-3-2-4-6-18/h2-14H,15H2,1H3. The summed E-state index contributed by atoms with van der Waals surface area (Å²) >= 11 is 0. The van der Waals surface area contributed by atoms with Gasteiger partial charge in [-0.2, -0.15) is 0 Å². The Labute approximate surface area is 146 Å². The molecule has 0 saturated carbocycles. The van der Waals surface area contributed by atoms with E-state index in [-0.39, 0.29) is 12.4 Å². The molecule has 4 nitrogen and oxygen atoms in total. The lowest BCUT2D eigenvalue weighted by Crippen LogP contribution is -2.11. The molecule has 0 unspecified atom stereocenters. The highest BCUT2D eigenvalue weighted by atomic mass is 16.5. The van der Waals surface area contributed by atoms with Gasteiger partial charge in [0.25, 0.3) is 0 Å². The van der Waals surface area contributed by atoms with E-state index in [1.807, 2.05) is 54.6 Å². The highest BCUT2D eigenvalue weighted by Crippen LogP contribution is 2.23. The van der Waals surface area contributed by atoms with Crippen molar-refractivity contribution in [2.24, 2.45) is 0 Å². The van der Waals surface area contributed by atoms with Crippen LogP contribution in [0.1, 0.15) is 5.56 Å². The summed E-state index contributed by atoms with van der Waals surface area (Å²) in [5.41, 5.74) is 0.870. The minimum atomic E-state index is -0.318. The molecule has 25 heavy (non-hydrogen) atoms. The number of carbonyl (C=O) groups is 1. The Morgan fingerprint density at radius 1 is 0.720 bits per heavy atom. The van der Waals surface area contributed by atoms with Crippen molar-refractivity contribution in [1.29, 1.82) is 0 Å². The van der Waals surface area contributed by atoms with Gasteiger partial charge in [0.1, 0.15) is 23.0 Å². The van der Waals surface area contributed by atoms with E-state index in [0.29, 0.717) is 11.5 Å². The SMILES string of the molecule is COc1ccc(CC(=O)Oc2ccc(Oc3ccccc3)cc2)cc1. The molecule has 0 aliphatic rings. The molecule has 0 N–H and O–H groups in total. The first-order valence-electron chi connectivity index (χ1n) is 7.89. The van der Waals surface area contributed by atoms with Crippen molar-refractivity contribution in [3.8, 4) is 23.0 Å². The number of benzene rings is 3. The quantitative estimate of drug-likeness (QED) is 0.487. The molecule has 0 saturated heterocycles. The molecular weight excluding hydrogens is 316 g/mol. The summed E-state index contributed by atoms with van der Waals surface area (Å²) in [6.07, 6.45) is 0.201. The first kappa shape index (κ1) is 16.6. The van der Waals surface area contributed by atoms with E-state index in [0.717, 1.165) is 17.1 Å². The molecule has 0 amide bonds. The number of hydrogen-bond acceptors (Lipinski definition) is 4. The fraction of sp³-hybridized carbons (Fsp3) is 0.0952. The van der Waals surface area contributed by atoms with Crippen LogP contribution in [0.2, 0.25) is 0 Å². The van der Waals surface area contributed by atoms with Crippen molar-refractivity contribution >= 4 is 5.97 Å². The average Bonchev–Trinajstić information content (AvgIpc) is 2.65. The highest BCUT2D eigenvalue weighted by molar-refractivity contribution is 5.75. The van der Waals surface area contributed by atoms with Crippen LogP contribution in [0.4, 0.5) is 0 Å². The maximum absolute atomic E-state index is 12.0. The molecule has 3 aromatic rings. The zero-order valence-corrected chi connectivity index (χ0v) is 13.8. The summed E-state index contributed by atoms with van der Waals surface area (Å²) in [4.78, 5) is 12.0. The van der Waals surface area contributed by atoms with Crippen molar-refractivity contribution in [2.45, 2.75) is 6.42 Å². The Morgan fingerprint density at radius 2 is 1.28 bits per heavy atom. The Hall–Kier alpha value is -3.27. The van der Waals surface area contributed by atoms with Gasteiger partial charge < -0.3 is 14.2 Å². The lowest BCUT2D eigenvalue weighted by molar-refractivity contribution is -0.133. The minimum Gasteiger partial charge on any atom is -0.497 e. The van der Waals surface area contributed by atoms with E-state index in [9.17, 15) is 4.79 Å². The van der Waals surface area contributed by atoms with Crippen LogP contribution in [0.15, 0.2) is 78.9 Å². The molecule has 0 aromatic heterocycles. The fourth-order valence-electron chi connectivity index (χ4n) is 2.28. The van der Waals surface area contributed by atoms with Crippen molar-refractivity contribution in [2.75, 3.05) is 7.11 Å². The lowest BCUT2D eigenvalue weighted by atomic mass is 10.1. The predicted molar refractivity (Wildman–Crippen MR) is 95.3 cm³/mol. The summed E-state index contributed by atoms with van der Waals surface area (Å²) in [5, 5.41) is 0. The topological polar surface area (TPSA) is 44.8 Å². The normalized spacial score (nSPS) is 10.1. The molecule has 0 heterocycles. The molecule has 3 rings (SSSR count). The molecule has 0 radical (unpaired) electrons. The van der Waals surface area contributed by atoms with Crippen LogP contribution in [-0.2, 0) is 11.2 Å². The van der Waals surface area contributed by atoms with Gasteiger partial charge in [0.2, 0.25) is 0 Å². The second kappa shape index (κ2) is 8.02. The average molecular weight is 334 g/mol. The van der Waals surface area contributed by atoms with Crippen molar-refractivity contribution < 1.29 is 19.0 Å². The lowest BCUT2D eigenvalue weighted by Gasteiger charge is -2.08. The summed E-state index contributed by atoms with van der Waals surface area (Å²) < 4.78 is 16.2. The molecule has 0 aliphatic carbocycles. The van der Waals surface area contributed by atoms with Crippen molar-refractivity contribution in [1.82, 2.24) is 0 Å².